The van der Waals surface area contributed by atoms with Gasteiger partial charge in [0, 0.05) is 0 Å². The number of carbonyl (C=O) groups is 1. The summed E-state index contributed by atoms with van der Waals surface area (Å²) in [6.45, 7) is 16.7. The first-order valence-corrected chi connectivity index (χ1v) is 7.03. The molecule has 2 nitrogen and oxygen atoms in total. The van der Waals surface area contributed by atoms with E-state index in [1.165, 1.54) is 0 Å². The average Bonchev–Trinajstić information content (AvgIpc) is 2.78. The number of esters is 1. The van der Waals surface area contributed by atoms with E-state index in [4.69, 9.17) is 4.74 Å². The predicted octanol–water partition coefficient (Wildman–Crippen LogP) is 4.57. The largest absolute Gasteiger partial charge is 0.460 e. The molecule has 0 aromatic rings. The lowest BCUT2D eigenvalue weighted by molar-refractivity contribution is -0.173. The lowest BCUT2D eigenvalue weighted by atomic mass is 9.66. The van der Waals surface area contributed by atoms with Crippen LogP contribution in [0.1, 0.15) is 74.7 Å². The van der Waals surface area contributed by atoms with Gasteiger partial charge in [-0.05, 0) is 57.8 Å². The molecule has 1 aliphatic carbocycles. The zero-order valence-electron chi connectivity index (χ0n) is 13.4. The molecule has 2 heteroatoms. The molecular weight excluding hydrogens is 224 g/mol. The smallest absolute Gasteiger partial charge is 0.312 e. The van der Waals surface area contributed by atoms with E-state index in [9.17, 15) is 4.79 Å². The highest BCUT2D eigenvalue weighted by Gasteiger charge is 2.59. The van der Waals surface area contributed by atoms with Crippen molar-refractivity contribution >= 4 is 5.97 Å². The molecule has 0 bridgehead atoms. The van der Waals surface area contributed by atoms with Crippen molar-refractivity contribution in [1.82, 2.24) is 0 Å². The second kappa shape index (κ2) is 4.25. The SMILES string of the molecule is CC(C)(C)CC(C)(C(=O)OC(C)(C)C)C1(C)CC1. The van der Waals surface area contributed by atoms with Crippen LogP contribution in [0.3, 0.4) is 0 Å². The Labute approximate surface area is 112 Å². The molecule has 0 radical (unpaired) electrons. The molecule has 0 aromatic carbocycles. The van der Waals surface area contributed by atoms with Crippen LogP contribution in [0.25, 0.3) is 0 Å². The second-order valence-electron chi connectivity index (χ2n) is 8.63. The van der Waals surface area contributed by atoms with Gasteiger partial charge in [-0.2, -0.15) is 0 Å². The van der Waals surface area contributed by atoms with Crippen molar-refractivity contribution < 1.29 is 9.53 Å². The summed E-state index contributed by atoms with van der Waals surface area (Å²) in [5.41, 5.74) is -0.500. The topological polar surface area (TPSA) is 26.3 Å². The van der Waals surface area contributed by atoms with E-state index in [1.807, 2.05) is 20.8 Å². The first-order chi connectivity index (χ1) is 7.79. The molecule has 0 heterocycles. The fourth-order valence-electron chi connectivity index (χ4n) is 2.72. The van der Waals surface area contributed by atoms with Gasteiger partial charge in [0.25, 0.3) is 0 Å². The number of rotatable bonds is 3. The van der Waals surface area contributed by atoms with Gasteiger partial charge in [-0.25, -0.2) is 0 Å². The minimum atomic E-state index is -0.401. The summed E-state index contributed by atoms with van der Waals surface area (Å²) in [7, 11) is 0. The summed E-state index contributed by atoms with van der Waals surface area (Å²) < 4.78 is 5.68. The van der Waals surface area contributed by atoms with Crippen LogP contribution in [-0.2, 0) is 9.53 Å². The molecule has 1 unspecified atom stereocenters. The van der Waals surface area contributed by atoms with Crippen LogP contribution in [0, 0.1) is 16.2 Å². The first-order valence-electron chi connectivity index (χ1n) is 7.03. The van der Waals surface area contributed by atoms with Crippen molar-refractivity contribution in [3.05, 3.63) is 0 Å². The minimum absolute atomic E-state index is 0.0232. The van der Waals surface area contributed by atoms with E-state index in [0.29, 0.717) is 0 Å². The molecule has 1 aliphatic rings. The van der Waals surface area contributed by atoms with E-state index >= 15 is 0 Å². The highest BCUT2D eigenvalue weighted by Crippen LogP contribution is 2.62. The van der Waals surface area contributed by atoms with Gasteiger partial charge in [-0.15, -0.1) is 0 Å². The van der Waals surface area contributed by atoms with Crippen LogP contribution in [0.2, 0.25) is 0 Å². The maximum absolute atomic E-state index is 12.6. The summed E-state index contributed by atoms with van der Waals surface area (Å²) in [4.78, 5) is 12.6. The third-order valence-corrected chi connectivity index (χ3v) is 4.07. The Hall–Kier alpha value is -0.530. The lowest BCUT2D eigenvalue weighted by Crippen LogP contribution is -2.43. The van der Waals surface area contributed by atoms with Crippen LogP contribution in [-0.4, -0.2) is 11.6 Å². The number of hydrogen-bond donors (Lipinski definition) is 0. The highest BCUT2D eigenvalue weighted by molar-refractivity contribution is 5.78. The monoisotopic (exact) mass is 254 g/mol. The maximum atomic E-state index is 12.6. The van der Waals surface area contributed by atoms with Gasteiger partial charge in [0.15, 0.2) is 0 Å². The molecule has 1 atom stereocenters. The van der Waals surface area contributed by atoms with Crippen molar-refractivity contribution in [2.45, 2.75) is 80.3 Å². The Morgan fingerprint density at radius 1 is 1.06 bits per heavy atom. The van der Waals surface area contributed by atoms with Gasteiger partial charge in [-0.1, -0.05) is 27.7 Å². The number of hydrogen-bond acceptors (Lipinski definition) is 2. The third kappa shape index (κ3) is 3.49. The minimum Gasteiger partial charge on any atom is -0.460 e. The van der Waals surface area contributed by atoms with Crippen LogP contribution in [0.5, 0.6) is 0 Å². The predicted molar refractivity (Wildman–Crippen MR) is 75.4 cm³/mol. The Kier molecular flexibility index (Phi) is 3.66. The van der Waals surface area contributed by atoms with Crippen molar-refractivity contribution in [1.29, 1.82) is 0 Å². The van der Waals surface area contributed by atoms with Crippen molar-refractivity contribution in [2.24, 2.45) is 16.2 Å². The molecule has 0 amide bonds. The Bertz CT molecular complexity index is 326. The van der Waals surface area contributed by atoms with Gasteiger partial charge < -0.3 is 4.74 Å². The van der Waals surface area contributed by atoms with E-state index < -0.39 is 5.60 Å². The molecule has 18 heavy (non-hydrogen) atoms. The molecule has 1 saturated carbocycles. The normalized spacial score (nSPS) is 22.2. The zero-order valence-corrected chi connectivity index (χ0v) is 13.4. The van der Waals surface area contributed by atoms with Crippen LogP contribution < -0.4 is 0 Å². The molecule has 106 valence electrons. The van der Waals surface area contributed by atoms with Gasteiger partial charge in [0.1, 0.15) is 5.60 Å². The van der Waals surface area contributed by atoms with Gasteiger partial charge in [0.05, 0.1) is 5.41 Å². The van der Waals surface area contributed by atoms with E-state index in [1.54, 1.807) is 0 Å². The zero-order chi connectivity index (χ0) is 14.4. The molecular formula is C16H30O2. The van der Waals surface area contributed by atoms with Crippen molar-refractivity contribution in [3.8, 4) is 0 Å². The summed E-state index contributed by atoms with van der Waals surface area (Å²) >= 11 is 0. The van der Waals surface area contributed by atoms with Gasteiger partial charge >= 0.3 is 5.97 Å². The molecule has 0 N–H and O–H groups in total. The quantitative estimate of drug-likeness (QED) is 0.690. The highest BCUT2D eigenvalue weighted by atomic mass is 16.6. The Morgan fingerprint density at radius 3 is 1.78 bits per heavy atom. The van der Waals surface area contributed by atoms with Crippen molar-refractivity contribution in [2.75, 3.05) is 0 Å². The summed E-state index contributed by atoms with van der Waals surface area (Å²) in [6.07, 6.45) is 3.16. The molecule has 1 rings (SSSR count). The summed E-state index contributed by atoms with van der Waals surface area (Å²) in [5, 5.41) is 0. The molecule has 0 aliphatic heterocycles. The van der Waals surface area contributed by atoms with Crippen LogP contribution in [0.15, 0.2) is 0 Å². The van der Waals surface area contributed by atoms with Crippen LogP contribution in [0.4, 0.5) is 0 Å². The van der Waals surface area contributed by atoms with Crippen LogP contribution >= 0.6 is 0 Å². The Balaban J connectivity index is 2.96. The Morgan fingerprint density at radius 2 is 1.50 bits per heavy atom. The molecule has 0 saturated heterocycles. The molecule has 0 aromatic heterocycles. The third-order valence-electron chi connectivity index (χ3n) is 4.07. The summed E-state index contributed by atoms with van der Waals surface area (Å²) in [5.74, 6) is -0.0232. The van der Waals surface area contributed by atoms with Gasteiger partial charge in [-0.3, -0.25) is 4.79 Å². The van der Waals surface area contributed by atoms with Gasteiger partial charge in [0.2, 0.25) is 0 Å². The first kappa shape index (κ1) is 15.5. The standard InChI is InChI=1S/C16H30O2/c1-13(2,3)11-16(8,15(7)9-10-15)12(17)18-14(4,5)6/h9-11H2,1-8H3. The van der Waals surface area contributed by atoms with E-state index in [0.717, 1.165) is 19.3 Å². The van der Waals surface area contributed by atoms with Crippen molar-refractivity contribution in [3.63, 3.8) is 0 Å². The summed E-state index contributed by atoms with van der Waals surface area (Å²) in [6, 6.07) is 0. The molecule has 0 spiro atoms. The fraction of sp³-hybridized carbons (Fsp3) is 0.938. The molecule has 1 fully saturated rings. The number of ether oxygens (including phenoxy) is 1. The average molecular weight is 254 g/mol. The maximum Gasteiger partial charge on any atom is 0.312 e. The second-order valence-corrected chi connectivity index (χ2v) is 8.63. The lowest BCUT2D eigenvalue weighted by Gasteiger charge is -2.40. The van der Waals surface area contributed by atoms with E-state index in [2.05, 4.69) is 34.6 Å². The number of carbonyl (C=O) groups excluding carboxylic acids is 1. The fourth-order valence-corrected chi connectivity index (χ4v) is 2.72. The van der Waals surface area contributed by atoms with E-state index in [-0.39, 0.29) is 22.2 Å².